The van der Waals surface area contributed by atoms with Crippen LogP contribution in [0.4, 0.5) is 5.69 Å². The number of benzene rings is 1. The van der Waals surface area contributed by atoms with Crippen molar-refractivity contribution in [1.82, 2.24) is 10.2 Å². The maximum atomic E-state index is 12.6. The molecule has 26 heavy (non-hydrogen) atoms. The van der Waals surface area contributed by atoms with Gasteiger partial charge in [0.2, 0.25) is 5.91 Å². The summed E-state index contributed by atoms with van der Waals surface area (Å²) in [7, 11) is 1.90. The van der Waals surface area contributed by atoms with E-state index >= 15 is 0 Å². The van der Waals surface area contributed by atoms with Crippen molar-refractivity contribution in [1.29, 1.82) is 0 Å². The number of nitrogens with one attached hydrogen (secondary N) is 2. The van der Waals surface area contributed by atoms with Gasteiger partial charge < -0.3 is 15.5 Å². The van der Waals surface area contributed by atoms with Gasteiger partial charge in [0, 0.05) is 24.3 Å². The quantitative estimate of drug-likeness (QED) is 0.762. The number of hydrogen-bond acceptors (Lipinski definition) is 3. The molecular weight excluding hydrogens is 350 g/mol. The van der Waals surface area contributed by atoms with Gasteiger partial charge in [0.05, 0.1) is 6.54 Å². The van der Waals surface area contributed by atoms with Crippen LogP contribution in [0.2, 0.25) is 0 Å². The lowest BCUT2D eigenvalue weighted by Crippen LogP contribution is -2.38. The van der Waals surface area contributed by atoms with Crippen LogP contribution in [0, 0.1) is 5.92 Å². The number of carbonyl (C=O) groups is 2. The van der Waals surface area contributed by atoms with Crippen LogP contribution in [-0.2, 0) is 4.79 Å². The van der Waals surface area contributed by atoms with Crippen LogP contribution in [-0.4, -0.2) is 42.9 Å². The second kappa shape index (κ2) is 9.93. The highest BCUT2D eigenvalue weighted by molar-refractivity contribution is 5.96. The standard InChI is InChI=1S/C20H29N3O2.ClH/c1-23(18-5-3-2-4-6-18)20(25)16-9-11-17(12-10-16)22-19(24)14-21-13-15-7-8-15;/h9-12,15,18,21H,2-8,13-14H2,1H3,(H,22,24);1H. The van der Waals surface area contributed by atoms with Crippen molar-refractivity contribution in [3.63, 3.8) is 0 Å². The minimum absolute atomic E-state index is 0. The Kier molecular flexibility index (Phi) is 7.91. The highest BCUT2D eigenvalue weighted by Crippen LogP contribution is 2.27. The third-order valence-corrected chi connectivity index (χ3v) is 5.27. The van der Waals surface area contributed by atoms with Crippen LogP contribution >= 0.6 is 12.4 Å². The Labute approximate surface area is 162 Å². The molecule has 6 heteroatoms. The van der Waals surface area contributed by atoms with Crippen molar-refractivity contribution < 1.29 is 9.59 Å². The summed E-state index contributed by atoms with van der Waals surface area (Å²) in [6.07, 6.45) is 8.46. The summed E-state index contributed by atoms with van der Waals surface area (Å²) in [6.45, 7) is 1.26. The molecule has 3 rings (SSSR count). The third-order valence-electron chi connectivity index (χ3n) is 5.27. The Morgan fingerprint density at radius 1 is 1.04 bits per heavy atom. The summed E-state index contributed by atoms with van der Waals surface area (Å²) in [5, 5.41) is 6.04. The van der Waals surface area contributed by atoms with E-state index in [9.17, 15) is 9.59 Å². The molecule has 0 spiro atoms. The van der Waals surface area contributed by atoms with E-state index in [1.165, 1.54) is 32.1 Å². The van der Waals surface area contributed by atoms with Crippen LogP contribution in [0.25, 0.3) is 0 Å². The fraction of sp³-hybridized carbons (Fsp3) is 0.600. The van der Waals surface area contributed by atoms with Gasteiger partial charge in [0.15, 0.2) is 0 Å². The number of nitrogens with zero attached hydrogens (tertiary/aromatic N) is 1. The largest absolute Gasteiger partial charge is 0.339 e. The second-order valence-electron chi connectivity index (χ2n) is 7.41. The van der Waals surface area contributed by atoms with Gasteiger partial charge >= 0.3 is 0 Å². The van der Waals surface area contributed by atoms with Gasteiger partial charge in [0.25, 0.3) is 5.91 Å². The van der Waals surface area contributed by atoms with Crippen LogP contribution in [0.5, 0.6) is 0 Å². The molecule has 2 N–H and O–H groups in total. The van der Waals surface area contributed by atoms with Gasteiger partial charge in [-0.15, -0.1) is 12.4 Å². The molecule has 0 saturated heterocycles. The zero-order valence-corrected chi connectivity index (χ0v) is 16.3. The average Bonchev–Trinajstić information content (AvgIpc) is 3.46. The van der Waals surface area contributed by atoms with E-state index in [4.69, 9.17) is 0 Å². The maximum Gasteiger partial charge on any atom is 0.253 e. The van der Waals surface area contributed by atoms with Crippen molar-refractivity contribution >= 4 is 29.9 Å². The predicted molar refractivity (Wildman–Crippen MR) is 107 cm³/mol. The molecule has 0 heterocycles. The van der Waals surface area contributed by atoms with Crippen molar-refractivity contribution in [3.8, 4) is 0 Å². The lowest BCUT2D eigenvalue weighted by Gasteiger charge is -2.31. The summed E-state index contributed by atoms with van der Waals surface area (Å²) in [5.74, 6) is 0.786. The van der Waals surface area contributed by atoms with E-state index in [2.05, 4.69) is 10.6 Å². The Morgan fingerprint density at radius 3 is 2.31 bits per heavy atom. The Hall–Kier alpha value is -1.59. The maximum absolute atomic E-state index is 12.6. The monoisotopic (exact) mass is 379 g/mol. The number of rotatable bonds is 7. The summed E-state index contributed by atoms with van der Waals surface area (Å²) < 4.78 is 0. The first-order valence-corrected chi connectivity index (χ1v) is 9.51. The second-order valence-corrected chi connectivity index (χ2v) is 7.41. The number of carbonyl (C=O) groups excluding carboxylic acids is 2. The zero-order valence-electron chi connectivity index (χ0n) is 15.5. The van der Waals surface area contributed by atoms with Crippen molar-refractivity contribution in [2.75, 3.05) is 25.5 Å². The molecule has 2 aliphatic rings. The summed E-state index contributed by atoms with van der Waals surface area (Å²) >= 11 is 0. The van der Waals surface area contributed by atoms with Crippen LogP contribution in [0.3, 0.4) is 0 Å². The van der Waals surface area contributed by atoms with Crippen LogP contribution < -0.4 is 10.6 Å². The molecule has 0 aromatic heterocycles. The van der Waals surface area contributed by atoms with Gasteiger partial charge in [-0.3, -0.25) is 9.59 Å². The molecule has 2 aliphatic carbocycles. The van der Waals surface area contributed by atoms with E-state index in [-0.39, 0.29) is 24.2 Å². The van der Waals surface area contributed by atoms with E-state index in [1.54, 1.807) is 24.3 Å². The molecule has 2 fully saturated rings. The SMILES string of the molecule is CN(C(=O)c1ccc(NC(=O)CNCC2CC2)cc1)C1CCCCC1.Cl. The Bertz CT molecular complexity index is 596. The topological polar surface area (TPSA) is 61.4 Å². The minimum Gasteiger partial charge on any atom is -0.339 e. The molecule has 2 amide bonds. The fourth-order valence-electron chi connectivity index (χ4n) is 3.45. The zero-order chi connectivity index (χ0) is 17.6. The van der Waals surface area contributed by atoms with E-state index < -0.39 is 0 Å². The van der Waals surface area contributed by atoms with Gasteiger partial charge in [-0.2, -0.15) is 0 Å². The Morgan fingerprint density at radius 2 is 1.69 bits per heavy atom. The van der Waals surface area contributed by atoms with E-state index in [0.717, 1.165) is 31.0 Å². The number of amides is 2. The first kappa shape index (κ1) is 20.7. The minimum atomic E-state index is -0.0425. The molecule has 0 bridgehead atoms. The number of hydrogen-bond donors (Lipinski definition) is 2. The number of anilines is 1. The predicted octanol–water partition coefficient (Wildman–Crippen LogP) is 3.45. The highest BCUT2D eigenvalue weighted by atomic mass is 35.5. The first-order chi connectivity index (χ1) is 12.1. The summed E-state index contributed by atoms with van der Waals surface area (Å²) in [4.78, 5) is 26.4. The van der Waals surface area contributed by atoms with E-state index in [1.807, 2.05) is 11.9 Å². The van der Waals surface area contributed by atoms with Crippen molar-refractivity contribution in [2.45, 2.75) is 51.0 Å². The molecule has 0 unspecified atom stereocenters. The highest BCUT2D eigenvalue weighted by Gasteiger charge is 2.23. The van der Waals surface area contributed by atoms with Gasteiger partial charge in [-0.25, -0.2) is 0 Å². The van der Waals surface area contributed by atoms with Gasteiger partial charge in [-0.05, 0) is 62.4 Å². The van der Waals surface area contributed by atoms with Crippen LogP contribution in [0.15, 0.2) is 24.3 Å². The molecule has 0 radical (unpaired) electrons. The lowest BCUT2D eigenvalue weighted by atomic mass is 9.94. The van der Waals surface area contributed by atoms with Crippen LogP contribution in [0.1, 0.15) is 55.3 Å². The molecule has 5 nitrogen and oxygen atoms in total. The molecule has 0 atom stereocenters. The van der Waals surface area contributed by atoms with Crippen molar-refractivity contribution in [2.24, 2.45) is 5.92 Å². The normalized spacial score (nSPS) is 17.3. The average molecular weight is 380 g/mol. The van der Waals surface area contributed by atoms with E-state index in [0.29, 0.717) is 18.2 Å². The molecule has 144 valence electrons. The van der Waals surface area contributed by atoms with Gasteiger partial charge in [0.1, 0.15) is 0 Å². The molecule has 2 saturated carbocycles. The molecular formula is C20H30ClN3O2. The smallest absolute Gasteiger partial charge is 0.253 e. The summed E-state index contributed by atoms with van der Waals surface area (Å²) in [6, 6.07) is 7.57. The third kappa shape index (κ3) is 5.99. The first-order valence-electron chi connectivity index (χ1n) is 9.51. The molecule has 0 aliphatic heterocycles. The summed E-state index contributed by atoms with van der Waals surface area (Å²) in [5.41, 5.74) is 1.41. The van der Waals surface area contributed by atoms with Gasteiger partial charge in [-0.1, -0.05) is 19.3 Å². The molecule has 1 aromatic carbocycles. The fourth-order valence-corrected chi connectivity index (χ4v) is 3.45. The lowest BCUT2D eigenvalue weighted by molar-refractivity contribution is -0.115. The Balaban J connectivity index is 0.00000243. The number of halogens is 1. The molecule has 1 aromatic rings. The van der Waals surface area contributed by atoms with Crippen molar-refractivity contribution in [3.05, 3.63) is 29.8 Å².